The van der Waals surface area contributed by atoms with Crippen LogP contribution >= 0.6 is 0 Å². The van der Waals surface area contributed by atoms with Gasteiger partial charge in [0.2, 0.25) is 5.91 Å². The molecule has 2 aliphatic carbocycles. The van der Waals surface area contributed by atoms with E-state index < -0.39 is 23.0 Å². The molecule has 1 aromatic rings. The van der Waals surface area contributed by atoms with Crippen molar-refractivity contribution in [1.29, 1.82) is 0 Å². The van der Waals surface area contributed by atoms with E-state index in [4.69, 9.17) is 4.74 Å². The van der Waals surface area contributed by atoms with E-state index in [0.717, 1.165) is 11.1 Å². The van der Waals surface area contributed by atoms with E-state index in [9.17, 15) is 19.8 Å². The summed E-state index contributed by atoms with van der Waals surface area (Å²) in [5, 5.41) is 24.7. The molecule has 6 heteroatoms. The molecule has 0 bridgehead atoms. The van der Waals surface area contributed by atoms with Crippen LogP contribution in [-0.2, 0) is 20.7 Å². The third-order valence-electron chi connectivity index (χ3n) is 8.63. The monoisotopic (exact) mass is 481 g/mol. The number of Topliss-reactive ketones (excluding diaryl/α,β-unsaturated/α-hetero) is 1. The summed E-state index contributed by atoms with van der Waals surface area (Å²) in [4.78, 5) is 28.2. The molecule has 6 nitrogen and oxygen atoms in total. The van der Waals surface area contributed by atoms with Gasteiger partial charge in [-0.25, -0.2) is 0 Å². The van der Waals surface area contributed by atoms with Gasteiger partial charge in [-0.05, 0) is 49.2 Å². The number of aliphatic hydroxyl groups is 2. The molecule has 0 aromatic heterocycles. The van der Waals surface area contributed by atoms with Gasteiger partial charge in [0, 0.05) is 31.4 Å². The summed E-state index contributed by atoms with van der Waals surface area (Å²) in [6.07, 6.45) is 6.99. The van der Waals surface area contributed by atoms with Crippen molar-refractivity contribution in [3.8, 4) is 0 Å². The predicted molar refractivity (Wildman–Crippen MR) is 134 cm³/mol. The number of ether oxygens (including phenoxy) is 1. The fourth-order valence-electron chi connectivity index (χ4n) is 6.93. The minimum absolute atomic E-state index is 0.0441. The zero-order chi connectivity index (χ0) is 25.4. The number of methoxy groups -OCH3 is 1. The van der Waals surface area contributed by atoms with Crippen LogP contribution in [0.2, 0.25) is 0 Å². The summed E-state index contributed by atoms with van der Waals surface area (Å²) in [7, 11) is 1.52. The van der Waals surface area contributed by atoms with E-state index in [1.165, 1.54) is 7.11 Å². The molecule has 1 saturated heterocycles. The normalized spacial score (nSPS) is 39.8. The Labute approximate surface area is 208 Å². The highest BCUT2D eigenvalue weighted by atomic mass is 16.5. The number of rotatable bonds is 4. The maximum absolute atomic E-state index is 14.3. The number of hydrogen-bond acceptors (Lipinski definition) is 5. The number of nitrogens with one attached hydrogen (secondary N) is 1. The Morgan fingerprint density at radius 1 is 1.17 bits per heavy atom. The summed E-state index contributed by atoms with van der Waals surface area (Å²) in [5.74, 6) is -1.24. The van der Waals surface area contributed by atoms with E-state index in [1.807, 2.05) is 55.5 Å². The van der Waals surface area contributed by atoms with Gasteiger partial charge in [0.15, 0.2) is 5.78 Å². The Hall–Kier alpha value is -2.28. The second kappa shape index (κ2) is 10.00. The molecule has 0 radical (unpaired) electrons. The fourth-order valence-corrected chi connectivity index (χ4v) is 6.93. The molecular formula is C29H39NO5. The molecule has 1 fully saturated rings. The van der Waals surface area contributed by atoms with Gasteiger partial charge < -0.3 is 20.3 Å². The molecular weight excluding hydrogens is 442 g/mol. The minimum atomic E-state index is -1.31. The number of amides is 1. The van der Waals surface area contributed by atoms with Gasteiger partial charge >= 0.3 is 0 Å². The Morgan fingerprint density at radius 2 is 1.89 bits per heavy atom. The van der Waals surface area contributed by atoms with Gasteiger partial charge in [0.05, 0.1) is 18.3 Å². The van der Waals surface area contributed by atoms with Crippen LogP contribution in [0.3, 0.4) is 0 Å². The molecule has 1 amide bonds. The highest BCUT2D eigenvalue weighted by Gasteiger charge is 2.65. The molecule has 4 rings (SSSR count). The van der Waals surface area contributed by atoms with E-state index in [2.05, 4.69) is 12.2 Å². The lowest BCUT2D eigenvalue weighted by atomic mass is 9.54. The molecule has 1 aromatic carbocycles. The van der Waals surface area contributed by atoms with Crippen LogP contribution < -0.4 is 5.32 Å². The summed E-state index contributed by atoms with van der Waals surface area (Å²) in [6.45, 7) is 5.70. The number of allylic oxidation sites excluding steroid dienone is 3. The number of carbonyl (C=O) groups excluding carboxylic acids is 2. The number of ketones is 1. The number of benzene rings is 1. The predicted octanol–water partition coefficient (Wildman–Crippen LogP) is 3.23. The Morgan fingerprint density at radius 3 is 2.54 bits per heavy atom. The van der Waals surface area contributed by atoms with Crippen LogP contribution in [0.1, 0.15) is 45.6 Å². The lowest BCUT2D eigenvalue weighted by molar-refractivity contribution is -0.152. The second-order valence-corrected chi connectivity index (χ2v) is 11.1. The number of aliphatic hydroxyl groups excluding tert-OH is 1. The number of hydrogen-bond donors (Lipinski definition) is 3. The molecule has 3 N–H and O–H groups in total. The van der Waals surface area contributed by atoms with Crippen LogP contribution in [-0.4, -0.2) is 53.4 Å². The third kappa shape index (κ3) is 4.52. The van der Waals surface area contributed by atoms with Crippen LogP contribution in [0.5, 0.6) is 0 Å². The van der Waals surface area contributed by atoms with Crippen LogP contribution in [0.25, 0.3) is 0 Å². The summed E-state index contributed by atoms with van der Waals surface area (Å²) >= 11 is 0. The van der Waals surface area contributed by atoms with Crippen molar-refractivity contribution in [3.63, 3.8) is 0 Å². The lowest BCUT2D eigenvalue weighted by Gasteiger charge is -2.45. The van der Waals surface area contributed by atoms with Crippen molar-refractivity contribution in [2.45, 2.75) is 64.2 Å². The molecule has 0 saturated carbocycles. The van der Waals surface area contributed by atoms with Crippen LogP contribution in [0.4, 0.5) is 0 Å². The minimum Gasteiger partial charge on any atom is -0.392 e. The molecule has 3 aliphatic rings. The first kappa shape index (κ1) is 25.8. The quantitative estimate of drug-likeness (QED) is 0.453. The zero-order valence-corrected chi connectivity index (χ0v) is 21.2. The third-order valence-corrected chi connectivity index (χ3v) is 8.63. The van der Waals surface area contributed by atoms with Crippen molar-refractivity contribution >= 4 is 11.7 Å². The van der Waals surface area contributed by atoms with Gasteiger partial charge in [-0.3, -0.25) is 9.59 Å². The van der Waals surface area contributed by atoms with E-state index >= 15 is 0 Å². The molecule has 0 unspecified atom stereocenters. The van der Waals surface area contributed by atoms with Gasteiger partial charge in [-0.2, -0.15) is 0 Å². The summed E-state index contributed by atoms with van der Waals surface area (Å²) < 4.78 is 5.67. The summed E-state index contributed by atoms with van der Waals surface area (Å²) in [5.41, 5.74) is -0.561. The van der Waals surface area contributed by atoms with Crippen LogP contribution in [0.15, 0.2) is 54.1 Å². The largest absolute Gasteiger partial charge is 0.392 e. The molecule has 190 valence electrons. The topological polar surface area (TPSA) is 95.9 Å². The smallest absolute Gasteiger partial charge is 0.235 e. The van der Waals surface area contributed by atoms with Crippen molar-refractivity contribution in [3.05, 3.63) is 59.7 Å². The molecule has 35 heavy (non-hydrogen) atoms. The fraction of sp³-hybridized carbons (Fsp3) is 0.586. The maximum Gasteiger partial charge on any atom is 0.235 e. The molecule has 1 heterocycles. The Kier molecular flexibility index (Phi) is 7.37. The van der Waals surface area contributed by atoms with E-state index in [-0.39, 0.29) is 48.5 Å². The van der Waals surface area contributed by atoms with Gasteiger partial charge in [-0.1, -0.05) is 62.4 Å². The standard InChI is InChI=1S/C29H39NO5/c1-18-9-8-12-22-14-21(17-31)19(2)26-23(13-20-10-6-5-7-11-20)30-27(33)29(22,26)24(32)15-25(35-4)28(3,34)16-18/h5-8,10-12,14,18-19,22-23,25-26,31,34H,9,13,15-17H2,1-4H3,(H,30,33)/t18-,19+,22-,23-,25+,26-,28-,29+/m1/s1. The van der Waals surface area contributed by atoms with Gasteiger partial charge in [0.1, 0.15) is 5.41 Å². The molecule has 1 aliphatic heterocycles. The maximum atomic E-state index is 14.3. The lowest BCUT2D eigenvalue weighted by Crippen LogP contribution is -2.55. The average Bonchev–Trinajstić information content (AvgIpc) is 3.11. The zero-order valence-electron chi connectivity index (χ0n) is 21.2. The SMILES string of the molecule is CO[C@H]1CC(=O)[C@]23C(=O)N[C@H](Cc4ccccc4)[C@H]2[C@@H](C)C(CO)=C[C@H]3C=CC[C@@H](C)C[C@@]1(C)O. The Bertz CT molecular complexity index is 1000. The second-order valence-electron chi connectivity index (χ2n) is 11.1. The van der Waals surface area contributed by atoms with E-state index in [1.54, 1.807) is 6.92 Å². The van der Waals surface area contributed by atoms with Crippen molar-refractivity contribution in [2.75, 3.05) is 13.7 Å². The van der Waals surface area contributed by atoms with Crippen LogP contribution in [0, 0.1) is 29.1 Å². The molecule has 8 atom stereocenters. The van der Waals surface area contributed by atoms with Crippen molar-refractivity contribution in [1.82, 2.24) is 5.32 Å². The first-order valence-corrected chi connectivity index (χ1v) is 12.8. The first-order chi connectivity index (χ1) is 16.6. The highest BCUT2D eigenvalue weighted by Crippen LogP contribution is 2.55. The average molecular weight is 482 g/mol. The number of carbonyl (C=O) groups is 2. The molecule has 1 spiro atoms. The van der Waals surface area contributed by atoms with Gasteiger partial charge in [0.25, 0.3) is 0 Å². The first-order valence-electron chi connectivity index (χ1n) is 12.8. The highest BCUT2D eigenvalue weighted by molar-refractivity contribution is 6.09. The van der Waals surface area contributed by atoms with E-state index in [0.29, 0.717) is 19.3 Å². The van der Waals surface area contributed by atoms with Crippen molar-refractivity contribution in [2.24, 2.45) is 29.1 Å². The summed E-state index contributed by atoms with van der Waals surface area (Å²) in [6, 6.07) is 9.72. The van der Waals surface area contributed by atoms with Gasteiger partial charge in [-0.15, -0.1) is 0 Å². The Balaban J connectivity index is 1.85. The van der Waals surface area contributed by atoms with Crippen molar-refractivity contribution < 1.29 is 24.5 Å².